The molecule has 0 aromatic heterocycles. The Morgan fingerprint density at radius 3 is 2.82 bits per heavy atom. The number of nitrogens with two attached hydrogens (primary N) is 1. The van der Waals surface area contributed by atoms with Crippen LogP contribution in [0, 0.1) is 15.9 Å². The second kappa shape index (κ2) is 6.27. The van der Waals surface area contributed by atoms with Crippen LogP contribution in [0.2, 0.25) is 0 Å². The standard InChI is InChI=1S/C11H16FN3O2/c1-14(7-3-6-13)8-9-4-2-5-10(11(9)12)15(16)17/h2,4-5H,3,6-8,13H2,1H3. The summed E-state index contributed by atoms with van der Waals surface area (Å²) in [5, 5.41) is 10.6. The Hall–Kier alpha value is -1.53. The smallest absolute Gasteiger partial charge is 0.305 e. The van der Waals surface area contributed by atoms with Crippen molar-refractivity contribution < 1.29 is 9.31 Å². The maximum absolute atomic E-state index is 13.7. The van der Waals surface area contributed by atoms with E-state index in [0.717, 1.165) is 13.0 Å². The zero-order chi connectivity index (χ0) is 12.8. The van der Waals surface area contributed by atoms with Crippen LogP contribution in [0.4, 0.5) is 10.1 Å². The Bertz CT molecular complexity index is 398. The lowest BCUT2D eigenvalue weighted by Crippen LogP contribution is -2.22. The molecule has 17 heavy (non-hydrogen) atoms. The van der Waals surface area contributed by atoms with E-state index < -0.39 is 16.4 Å². The van der Waals surface area contributed by atoms with E-state index in [0.29, 0.717) is 18.7 Å². The van der Waals surface area contributed by atoms with Gasteiger partial charge in [-0.15, -0.1) is 0 Å². The van der Waals surface area contributed by atoms with Gasteiger partial charge in [0, 0.05) is 18.2 Å². The van der Waals surface area contributed by atoms with Gasteiger partial charge in [-0.05, 0) is 26.6 Å². The minimum Gasteiger partial charge on any atom is -0.330 e. The normalized spacial score (nSPS) is 10.8. The lowest BCUT2D eigenvalue weighted by atomic mass is 10.1. The number of nitrogens with zero attached hydrogens (tertiary/aromatic N) is 2. The van der Waals surface area contributed by atoms with Gasteiger partial charge in [0.25, 0.3) is 0 Å². The SMILES string of the molecule is CN(CCCN)Cc1cccc([N+](=O)[O-])c1F. The van der Waals surface area contributed by atoms with E-state index in [-0.39, 0.29) is 0 Å². The molecular formula is C11H16FN3O2. The Morgan fingerprint density at radius 1 is 1.53 bits per heavy atom. The van der Waals surface area contributed by atoms with Gasteiger partial charge in [-0.1, -0.05) is 12.1 Å². The first-order valence-electron chi connectivity index (χ1n) is 5.36. The molecule has 0 radical (unpaired) electrons. The van der Waals surface area contributed by atoms with Gasteiger partial charge in [0.1, 0.15) is 0 Å². The molecule has 0 heterocycles. The number of hydrogen-bond donors (Lipinski definition) is 1. The lowest BCUT2D eigenvalue weighted by Gasteiger charge is -2.16. The van der Waals surface area contributed by atoms with Gasteiger partial charge in [-0.2, -0.15) is 4.39 Å². The van der Waals surface area contributed by atoms with Crippen LogP contribution in [0.15, 0.2) is 18.2 Å². The molecule has 2 N–H and O–H groups in total. The Labute approximate surface area is 99.2 Å². The van der Waals surface area contributed by atoms with Gasteiger partial charge in [0.05, 0.1) is 4.92 Å². The van der Waals surface area contributed by atoms with Crippen LogP contribution in [-0.4, -0.2) is 30.0 Å². The number of nitro groups is 1. The number of nitro benzene ring substituents is 1. The summed E-state index contributed by atoms with van der Waals surface area (Å²) in [6, 6.07) is 4.22. The van der Waals surface area contributed by atoms with Gasteiger partial charge >= 0.3 is 5.69 Å². The molecule has 0 aliphatic rings. The summed E-state index contributed by atoms with van der Waals surface area (Å²) in [4.78, 5) is 11.7. The van der Waals surface area contributed by atoms with Crippen molar-refractivity contribution in [3.05, 3.63) is 39.7 Å². The minimum absolute atomic E-state index is 0.332. The molecule has 1 aromatic rings. The predicted octanol–water partition coefficient (Wildman–Crippen LogP) is 1.51. The van der Waals surface area contributed by atoms with E-state index in [1.165, 1.54) is 12.1 Å². The van der Waals surface area contributed by atoms with E-state index in [1.807, 2.05) is 11.9 Å². The maximum Gasteiger partial charge on any atom is 0.305 e. The molecule has 0 aliphatic heterocycles. The quantitative estimate of drug-likeness (QED) is 0.605. The summed E-state index contributed by atoms with van der Waals surface area (Å²) in [5.41, 5.74) is 5.23. The summed E-state index contributed by atoms with van der Waals surface area (Å²) in [7, 11) is 1.83. The fourth-order valence-corrected chi connectivity index (χ4v) is 1.56. The van der Waals surface area contributed by atoms with Crippen molar-refractivity contribution in [3.63, 3.8) is 0 Å². The van der Waals surface area contributed by atoms with Crippen molar-refractivity contribution in [3.8, 4) is 0 Å². The third-order valence-electron chi connectivity index (χ3n) is 2.44. The summed E-state index contributed by atoms with van der Waals surface area (Å²) >= 11 is 0. The van der Waals surface area contributed by atoms with Crippen molar-refractivity contribution in [1.29, 1.82) is 0 Å². The van der Waals surface area contributed by atoms with Crippen LogP contribution < -0.4 is 5.73 Å². The van der Waals surface area contributed by atoms with Gasteiger partial charge < -0.3 is 10.6 Å². The van der Waals surface area contributed by atoms with Crippen molar-refractivity contribution in [2.24, 2.45) is 5.73 Å². The van der Waals surface area contributed by atoms with Crippen LogP contribution >= 0.6 is 0 Å². The first-order valence-corrected chi connectivity index (χ1v) is 5.36. The highest BCUT2D eigenvalue weighted by Gasteiger charge is 2.17. The predicted molar refractivity (Wildman–Crippen MR) is 63.1 cm³/mol. The zero-order valence-corrected chi connectivity index (χ0v) is 9.73. The molecule has 0 atom stereocenters. The number of benzene rings is 1. The maximum atomic E-state index is 13.7. The van der Waals surface area contributed by atoms with Crippen LogP contribution in [-0.2, 0) is 6.54 Å². The molecule has 0 spiro atoms. The molecule has 0 amide bonds. The minimum atomic E-state index is -0.753. The first-order chi connectivity index (χ1) is 8.06. The summed E-state index contributed by atoms with van der Waals surface area (Å²) in [6.45, 7) is 1.65. The fraction of sp³-hybridized carbons (Fsp3) is 0.455. The zero-order valence-electron chi connectivity index (χ0n) is 9.73. The third-order valence-corrected chi connectivity index (χ3v) is 2.44. The Balaban J connectivity index is 2.77. The molecule has 1 aromatic carbocycles. The van der Waals surface area contributed by atoms with E-state index in [1.54, 1.807) is 6.07 Å². The molecular weight excluding hydrogens is 225 g/mol. The monoisotopic (exact) mass is 241 g/mol. The van der Waals surface area contributed by atoms with E-state index in [2.05, 4.69) is 0 Å². The highest BCUT2D eigenvalue weighted by molar-refractivity contribution is 5.36. The Morgan fingerprint density at radius 2 is 2.24 bits per heavy atom. The van der Waals surface area contributed by atoms with Gasteiger partial charge in [0.15, 0.2) is 0 Å². The average Bonchev–Trinajstić information content (AvgIpc) is 2.28. The van der Waals surface area contributed by atoms with Crippen LogP contribution in [0.25, 0.3) is 0 Å². The average molecular weight is 241 g/mol. The van der Waals surface area contributed by atoms with E-state index >= 15 is 0 Å². The number of hydrogen-bond acceptors (Lipinski definition) is 4. The summed E-state index contributed by atoms with van der Waals surface area (Å²) in [6.07, 6.45) is 0.813. The molecule has 6 heteroatoms. The van der Waals surface area contributed by atoms with Crippen LogP contribution in [0.5, 0.6) is 0 Å². The highest BCUT2D eigenvalue weighted by Crippen LogP contribution is 2.20. The van der Waals surface area contributed by atoms with Crippen molar-refractivity contribution >= 4 is 5.69 Å². The third kappa shape index (κ3) is 3.76. The molecule has 0 fully saturated rings. The molecule has 0 unspecified atom stereocenters. The largest absolute Gasteiger partial charge is 0.330 e. The second-order valence-corrected chi connectivity index (χ2v) is 3.89. The molecule has 0 saturated carbocycles. The van der Waals surface area contributed by atoms with Crippen LogP contribution in [0.3, 0.4) is 0 Å². The van der Waals surface area contributed by atoms with Gasteiger partial charge in [0.2, 0.25) is 5.82 Å². The van der Waals surface area contributed by atoms with Crippen LogP contribution in [0.1, 0.15) is 12.0 Å². The summed E-state index contributed by atoms with van der Waals surface area (Å²) in [5.74, 6) is -0.753. The van der Waals surface area contributed by atoms with Crippen molar-refractivity contribution in [2.75, 3.05) is 20.1 Å². The van der Waals surface area contributed by atoms with Crippen molar-refractivity contribution in [2.45, 2.75) is 13.0 Å². The number of rotatable bonds is 6. The molecule has 0 saturated heterocycles. The molecule has 94 valence electrons. The van der Waals surface area contributed by atoms with Crippen molar-refractivity contribution in [1.82, 2.24) is 4.90 Å². The molecule has 5 nitrogen and oxygen atoms in total. The highest BCUT2D eigenvalue weighted by atomic mass is 19.1. The Kier molecular flexibility index (Phi) is 4.99. The van der Waals surface area contributed by atoms with E-state index in [9.17, 15) is 14.5 Å². The van der Waals surface area contributed by atoms with Gasteiger partial charge in [-0.25, -0.2) is 0 Å². The van der Waals surface area contributed by atoms with Gasteiger partial charge in [-0.3, -0.25) is 10.1 Å². The fourth-order valence-electron chi connectivity index (χ4n) is 1.56. The molecule has 1 rings (SSSR count). The number of halogens is 1. The first kappa shape index (κ1) is 13.5. The molecule has 0 bridgehead atoms. The lowest BCUT2D eigenvalue weighted by molar-refractivity contribution is -0.387. The van der Waals surface area contributed by atoms with E-state index in [4.69, 9.17) is 5.73 Å². The summed E-state index contributed by atoms with van der Waals surface area (Å²) < 4.78 is 13.7. The topological polar surface area (TPSA) is 72.4 Å². The molecule has 0 aliphatic carbocycles. The second-order valence-electron chi connectivity index (χ2n) is 3.89.